The molecule has 6 nitrogen and oxygen atoms in total. The Kier molecular flexibility index (Phi) is 6.64. The van der Waals surface area contributed by atoms with Crippen LogP contribution >= 0.6 is 23.2 Å². The monoisotopic (exact) mass is 495 g/mol. The second kappa shape index (κ2) is 9.49. The molecule has 0 radical (unpaired) electrons. The molecule has 1 amide bonds. The van der Waals surface area contributed by atoms with Crippen LogP contribution in [0.15, 0.2) is 60.8 Å². The third-order valence-corrected chi connectivity index (χ3v) is 6.14. The van der Waals surface area contributed by atoms with Crippen molar-refractivity contribution < 1.29 is 14.3 Å². The van der Waals surface area contributed by atoms with Crippen molar-refractivity contribution in [1.29, 1.82) is 0 Å². The van der Waals surface area contributed by atoms with Crippen LogP contribution in [0.5, 0.6) is 5.75 Å². The molecule has 1 aliphatic heterocycles. The Hall–Kier alpha value is -3.35. The van der Waals surface area contributed by atoms with Gasteiger partial charge in [0.15, 0.2) is 5.78 Å². The Balaban J connectivity index is 1.60. The summed E-state index contributed by atoms with van der Waals surface area (Å²) in [6.45, 7) is 4.18. The first-order valence-corrected chi connectivity index (χ1v) is 11.3. The minimum Gasteiger partial charge on any atom is -0.497 e. The maximum Gasteiger partial charge on any atom is 0.257 e. The van der Waals surface area contributed by atoms with E-state index in [1.807, 2.05) is 18.2 Å². The van der Waals surface area contributed by atoms with Crippen LogP contribution in [0.2, 0.25) is 10.2 Å². The lowest BCUT2D eigenvalue weighted by atomic mass is 9.85. The maximum absolute atomic E-state index is 13.2. The molecule has 2 aromatic carbocycles. The fraction of sp³-hybridized carbons (Fsp3) is 0.192. The molecule has 8 heteroatoms. The average Bonchev–Trinajstić information content (AvgIpc) is 2.80. The molecule has 4 rings (SSSR count). The Morgan fingerprint density at radius 1 is 1.12 bits per heavy atom. The van der Waals surface area contributed by atoms with Crippen molar-refractivity contribution in [3.63, 3.8) is 0 Å². The lowest BCUT2D eigenvalue weighted by Crippen LogP contribution is -2.43. The number of anilines is 1. The summed E-state index contributed by atoms with van der Waals surface area (Å²) >= 11 is 11.8. The second-order valence-electron chi connectivity index (χ2n) is 8.66. The van der Waals surface area contributed by atoms with Crippen molar-refractivity contribution in [3.05, 3.63) is 93.2 Å². The second-order valence-corrected chi connectivity index (χ2v) is 9.43. The standard InChI is InChI=1S/C26H23Cl2N3O3/c1-26(2)13-16-7-8-19(34-3)11-20(16)22(31-26)12-23(32)15-5-4-6-18(9-15)30-25(33)17-10-21(27)24(28)29-14-17/h4-12,14,31H,13H2,1-3H3,(H,30,33). The van der Waals surface area contributed by atoms with Gasteiger partial charge in [0.25, 0.3) is 5.91 Å². The van der Waals surface area contributed by atoms with Crippen LogP contribution in [0.4, 0.5) is 5.69 Å². The van der Waals surface area contributed by atoms with Crippen molar-refractivity contribution in [3.8, 4) is 5.75 Å². The summed E-state index contributed by atoms with van der Waals surface area (Å²) in [6, 6.07) is 14.1. The van der Waals surface area contributed by atoms with E-state index in [0.29, 0.717) is 11.3 Å². The van der Waals surface area contributed by atoms with E-state index in [0.717, 1.165) is 29.0 Å². The zero-order valence-electron chi connectivity index (χ0n) is 18.9. The fourth-order valence-electron chi connectivity index (χ4n) is 3.87. The van der Waals surface area contributed by atoms with Gasteiger partial charge in [-0.05, 0) is 56.2 Å². The molecular weight excluding hydrogens is 473 g/mol. The zero-order chi connectivity index (χ0) is 24.5. The summed E-state index contributed by atoms with van der Waals surface area (Å²) < 4.78 is 5.37. The third kappa shape index (κ3) is 5.24. The van der Waals surface area contributed by atoms with Crippen LogP contribution in [0.1, 0.15) is 45.7 Å². The van der Waals surface area contributed by atoms with E-state index in [4.69, 9.17) is 27.9 Å². The molecule has 0 saturated carbocycles. The van der Waals surface area contributed by atoms with Gasteiger partial charge >= 0.3 is 0 Å². The van der Waals surface area contributed by atoms with E-state index >= 15 is 0 Å². The van der Waals surface area contributed by atoms with Gasteiger partial charge in [-0.1, -0.05) is 41.4 Å². The number of nitrogens with zero attached hydrogens (tertiary/aromatic N) is 1. The Morgan fingerprint density at radius 2 is 1.91 bits per heavy atom. The third-order valence-electron chi connectivity index (χ3n) is 5.45. The summed E-state index contributed by atoms with van der Waals surface area (Å²) in [5.41, 5.74) is 3.76. The van der Waals surface area contributed by atoms with Crippen LogP contribution in [-0.2, 0) is 6.42 Å². The number of methoxy groups -OCH3 is 1. The highest BCUT2D eigenvalue weighted by atomic mass is 35.5. The van der Waals surface area contributed by atoms with Crippen molar-refractivity contribution >= 4 is 46.3 Å². The topological polar surface area (TPSA) is 80.3 Å². The highest BCUT2D eigenvalue weighted by molar-refractivity contribution is 6.41. The lowest BCUT2D eigenvalue weighted by molar-refractivity contribution is 0.102. The summed E-state index contributed by atoms with van der Waals surface area (Å²) in [6.07, 6.45) is 3.75. The van der Waals surface area contributed by atoms with Gasteiger partial charge in [-0.25, -0.2) is 4.98 Å². The average molecular weight is 496 g/mol. The normalized spacial score (nSPS) is 15.3. The number of nitrogens with one attached hydrogen (secondary N) is 2. The molecule has 174 valence electrons. The number of amides is 1. The fourth-order valence-corrected chi connectivity index (χ4v) is 4.14. The van der Waals surface area contributed by atoms with E-state index in [-0.39, 0.29) is 27.1 Å². The summed E-state index contributed by atoms with van der Waals surface area (Å²) in [5, 5.41) is 6.53. The number of ether oxygens (including phenoxy) is 1. The van der Waals surface area contributed by atoms with E-state index in [2.05, 4.69) is 29.5 Å². The first-order chi connectivity index (χ1) is 16.1. The lowest BCUT2D eigenvalue weighted by Gasteiger charge is -2.35. The zero-order valence-corrected chi connectivity index (χ0v) is 20.4. The molecule has 0 atom stereocenters. The van der Waals surface area contributed by atoms with Gasteiger partial charge in [-0.15, -0.1) is 0 Å². The van der Waals surface area contributed by atoms with Gasteiger partial charge < -0.3 is 15.4 Å². The minimum atomic E-state index is -0.411. The smallest absolute Gasteiger partial charge is 0.257 e. The number of ketones is 1. The Morgan fingerprint density at radius 3 is 2.65 bits per heavy atom. The first-order valence-electron chi connectivity index (χ1n) is 10.6. The van der Waals surface area contributed by atoms with Crippen molar-refractivity contribution in [2.45, 2.75) is 25.8 Å². The molecule has 0 unspecified atom stereocenters. The Labute approximate surface area is 207 Å². The van der Waals surface area contributed by atoms with E-state index in [1.165, 1.54) is 12.3 Å². The number of allylic oxidation sites excluding steroid dienone is 1. The molecule has 0 saturated heterocycles. The number of aromatic nitrogens is 1. The molecule has 2 N–H and O–H groups in total. The molecule has 0 spiro atoms. The summed E-state index contributed by atoms with van der Waals surface area (Å²) in [5.74, 6) is 0.118. The molecule has 0 bridgehead atoms. The molecule has 1 aromatic heterocycles. The highest BCUT2D eigenvalue weighted by Gasteiger charge is 2.28. The number of hydrogen-bond donors (Lipinski definition) is 2. The molecule has 0 fully saturated rings. The van der Waals surface area contributed by atoms with Crippen LogP contribution < -0.4 is 15.4 Å². The molecule has 2 heterocycles. The first kappa shape index (κ1) is 23.8. The van der Waals surface area contributed by atoms with Crippen molar-refractivity contribution in [2.24, 2.45) is 0 Å². The molecule has 0 aliphatic carbocycles. The van der Waals surface area contributed by atoms with Crippen molar-refractivity contribution in [2.75, 3.05) is 12.4 Å². The van der Waals surface area contributed by atoms with Gasteiger partial charge in [0.05, 0.1) is 17.7 Å². The van der Waals surface area contributed by atoms with Crippen LogP contribution in [0.25, 0.3) is 5.70 Å². The molecule has 1 aliphatic rings. The minimum absolute atomic E-state index is 0.123. The highest BCUT2D eigenvalue weighted by Crippen LogP contribution is 2.32. The predicted molar refractivity (Wildman–Crippen MR) is 135 cm³/mol. The van der Waals surface area contributed by atoms with E-state index in [1.54, 1.807) is 37.5 Å². The number of carbonyl (C=O) groups is 2. The Bertz CT molecular complexity index is 1320. The van der Waals surface area contributed by atoms with E-state index < -0.39 is 5.91 Å². The summed E-state index contributed by atoms with van der Waals surface area (Å²) in [7, 11) is 1.62. The number of benzene rings is 2. The number of halogens is 2. The SMILES string of the molecule is COc1ccc2c(c1)C(=CC(=O)c1cccc(NC(=O)c3cnc(Cl)c(Cl)c3)c1)NC(C)(C)C2. The number of fused-ring (bicyclic) bond motifs is 1. The largest absolute Gasteiger partial charge is 0.497 e. The number of carbonyl (C=O) groups excluding carboxylic acids is 2. The van der Waals surface area contributed by atoms with Crippen LogP contribution in [0, 0.1) is 0 Å². The quantitative estimate of drug-likeness (QED) is 0.265. The number of hydrogen-bond acceptors (Lipinski definition) is 5. The van der Waals surface area contributed by atoms with Gasteiger partial charge in [-0.3, -0.25) is 9.59 Å². The maximum atomic E-state index is 13.2. The van der Waals surface area contributed by atoms with Gasteiger partial charge in [0.1, 0.15) is 10.9 Å². The number of pyridine rings is 1. The number of rotatable bonds is 5. The molecule has 34 heavy (non-hydrogen) atoms. The van der Waals surface area contributed by atoms with Crippen LogP contribution in [0.3, 0.4) is 0 Å². The van der Waals surface area contributed by atoms with Gasteiger partial charge in [0, 0.05) is 40.3 Å². The van der Waals surface area contributed by atoms with Gasteiger partial charge in [0.2, 0.25) is 0 Å². The predicted octanol–water partition coefficient (Wildman–Crippen LogP) is 5.80. The molecular formula is C26H23Cl2N3O3. The van der Waals surface area contributed by atoms with E-state index in [9.17, 15) is 9.59 Å². The van der Waals surface area contributed by atoms with Crippen molar-refractivity contribution in [1.82, 2.24) is 10.3 Å². The van der Waals surface area contributed by atoms with Crippen LogP contribution in [-0.4, -0.2) is 29.3 Å². The molecule has 3 aromatic rings. The summed E-state index contributed by atoms with van der Waals surface area (Å²) in [4.78, 5) is 29.6. The van der Waals surface area contributed by atoms with Gasteiger partial charge in [-0.2, -0.15) is 0 Å².